The highest BCUT2D eigenvalue weighted by atomic mass is 15.0. The Kier molecular flexibility index (Phi) is 3.11. The minimum atomic E-state index is 0.902. The second kappa shape index (κ2) is 6.10. The molecule has 0 radical (unpaired) electrons. The van der Waals surface area contributed by atoms with Gasteiger partial charge < -0.3 is 0 Å². The lowest BCUT2D eigenvalue weighted by Gasteiger charge is -2.09. The lowest BCUT2D eigenvalue weighted by molar-refractivity contribution is 1.23. The number of aromatic nitrogens is 4. The van der Waals surface area contributed by atoms with Crippen LogP contribution in [0, 0.1) is 0 Å². The summed E-state index contributed by atoms with van der Waals surface area (Å²) in [6.07, 6.45) is 5.64. The van der Waals surface area contributed by atoms with Gasteiger partial charge in [-0.25, -0.2) is 4.98 Å². The summed E-state index contributed by atoms with van der Waals surface area (Å²) in [6, 6.07) is 26.3. The van der Waals surface area contributed by atoms with Crippen molar-refractivity contribution in [1.29, 1.82) is 0 Å². The van der Waals surface area contributed by atoms with Crippen LogP contribution in [0.3, 0.4) is 0 Å². The highest BCUT2D eigenvalue weighted by Crippen LogP contribution is 2.48. The van der Waals surface area contributed by atoms with E-state index in [9.17, 15) is 0 Å². The van der Waals surface area contributed by atoms with E-state index in [1.54, 1.807) is 0 Å². The van der Waals surface area contributed by atoms with Crippen molar-refractivity contribution in [1.82, 2.24) is 19.4 Å². The van der Waals surface area contributed by atoms with Gasteiger partial charge in [-0.15, -0.1) is 0 Å². The molecule has 0 saturated carbocycles. The summed E-state index contributed by atoms with van der Waals surface area (Å²) in [6.45, 7) is 0. The van der Waals surface area contributed by atoms with Crippen molar-refractivity contribution in [2.24, 2.45) is 0 Å². The molecule has 0 fully saturated rings. The second-order valence-corrected chi connectivity index (χ2v) is 9.68. The topological polar surface area (TPSA) is 43.1 Å². The molecule has 4 heterocycles. The fourth-order valence-corrected chi connectivity index (χ4v) is 6.45. The Labute approximate surface area is 200 Å². The van der Waals surface area contributed by atoms with Gasteiger partial charge in [-0.2, -0.15) is 0 Å². The SMILES string of the molecule is c1ccc2c(c1)Cc1c-2ccc2c1-c1cc3nc4c5cccnc5c5ncccc5n4c3cc1C2. The number of benzene rings is 3. The number of imidazole rings is 1. The minimum Gasteiger partial charge on any atom is -0.290 e. The third-order valence-electron chi connectivity index (χ3n) is 7.90. The minimum absolute atomic E-state index is 0.902. The van der Waals surface area contributed by atoms with Crippen LogP contribution in [0.2, 0.25) is 0 Å². The van der Waals surface area contributed by atoms with Crippen LogP contribution in [0.1, 0.15) is 22.3 Å². The van der Waals surface area contributed by atoms with Crippen molar-refractivity contribution >= 4 is 38.6 Å². The molecule has 0 unspecified atom stereocenters. The Balaban J connectivity index is 1.38. The highest BCUT2D eigenvalue weighted by molar-refractivity contribution is 6.10. The van der Waals surface area contributed by atoms with E-state index in [0.717, 1.165) is 51.5 Å². The Hall–Kier alpha value is -4.57. The molecule has 2 aliphatic rings. The average molecular weight is 447 g/mol. The summed E-state index contributed by atoms with van der Waals surface area (Å²) in [7, 11) is 0. The second-order valence-electron chi connectivity index (χ2n) is 9.68. The molecule has 0 N–H and O–H groups in total. The molecule has 9 rings (SSSR count). The van der Waals surface area contributed by atoms with Gasteiger partial charge in [0.2, 0.25) is 0 Å². The first-order valence-electron chi connectivity index (χ1n) is 12.0. The van der Waals surface area contributed by atoms with Crippen LogP contribution >= 0.6 is 0 Å². The van der Waals surface area contributed by atoms with Gasteiger partial charge in [-0.3, -0.25) is 14.4 Å². The predicted molar refractivity (Wildman–Crippen MR) is 140 cm³/mol. The summed E-state index contributed by atoms with van der Waals surface area (Å²) in [5, 5.41) is 1.03. The highest BCUT2D eigenvalue weighted by Gasteiger charge is 2.29. The zero-order valence-electron chi connectivity index (χ0n) is 18.8. The molecule has 0 bridgehead atoms. The van der Waals surface area contributed by atoms with E-state index in [1.807, 2.05) is 24.5 Å². The Morgan fingerprint density at radius 2 is 1.51 bits per heavy atom. The third-order valence-corrected chi connectivity index (χ3v) is 7.90. The summed E-state index contributed by atoms with van der Waals surface area (Å²) in [5.41, 5.74) is 17.2. The molecule has 4 aromatic heterocycles. The van der Waals surface area contributed by atoms with Gasteiger partial charge in [-0.05, 0) is 93.7 Å². The van der Waals surface area contributed by atoms with Crippen LogP contribution < -0.4 is 0 Å². The van der Waals surface area contributed by atoms with E-state index in [0.29, 0.717) is 0 Å². The summed E-state index contributed by atoms with van der Waals surface area (Å²) in [5.74, 6) is 0. The zero-order valence-corrected chi connectivity index (χ0v) is 18.8. The summed E-state index contributed by atoms with van der Waals surface area (Å²) < 4.78 is 2.27. The molecule has 35 heavy (non-hydrogen) atoms. The van der Waals surface area contributed by atoms with Gasteiger partial charge in [-0.1, -0.05) is 36.4 Å². The Bertz CT molecular complexity index is 2070. The largest absolute Gasteiger partial charge is 0.290 e. The van der Waals surface area contributed by atoms with Crippen molar-refractivity contribution in [2.75, 3.05) is 0 Å². The van der Waals surface area contributed by atoms with Gasteiger partial charge in [0.25, 0.3) is 0 Å². The first kappa shape index (κ1) is 17.8. The number of pyridine rings is 3. The van der Waals surface area contributed by atoms with Crippen molar-refractivity contribution < 1.29 is 0 Å². The van der Waals surface area contributed by atoms with E-state index >= 15 is 0 Å². The molecule has 162 valence electrons. The van der Waals surface area contributed by atoms with E-state index in [-0.39, 0.29) is 0 Å². The first-order chi connectivity index (χ1) is 17.3. The quantitative estimate of drug-likeness (QED) is 0.243. The van der Waals surface area contributed by atoms with Gasteiger partial charge >= 0.3 is 0 Å². The Morgan fingerprint density at radius 3 is 2.49 bits per heavy atom. The zero-order chi connectivity index (χ0) is 22.7. The molecular formula is C31H18N4. The smallest absolute Gasteiger partial charge is 0.148 e. The fraction of sp³-hybridized carbons (Fsp3) is 0.0645. The average Bonchev–Trinajstić information content (AvgIpc) is 3.58. The van der Waals surface area contributed by atoms with Crippen LogP contribution in [0.15, 0.2) is 85.2 Å². The normalized spacial score (nSPS) is 13.5. The van der Waals surface area contributed by atoms with E-state index in [2.05, 4.69) is 70.0 Å². The third kappa shape index (κ3) is 2.15. The molecule has 0 saturated heterocycles. The molecule has 0 atom stereocenters. The van der Waals surface area contributed by atoms with Gasteiger partial charge in [0.1, 0.15) is 16.7 Å². The standard InChI is InChI=1S/C31H18N4/c1-2-6-20-17(5-1)14-24-21(20)10-9-18-13-19-15-27-25(16-23(19)28(18)24)34-31-22-7-3-11-32-29(22)30-26(35(27)31)8-4-12-33-30/h1-12,15-16H,13-14H2. The fourth-order valence-electron chi connectivity index (χ4n) is 6.45. The Morgan fingerprint density at radius 1 is 0.629 bits per heavy atom. The van der Waals surface area contributed by atoms with Crippen LogP contribution in [0.4, 0.5) is 0 Å². The lowest BCUT2D eigenvalue weighted by Crippen LogP contribution is -1.94. The van der Waals surface area contributed by atoms with Crippen molar-refractivity contribution in [2.45, 2.75) is 12.8 Å². The van der Waals surface area contributed by atoms with Crippen LogP contribution in [-0.4, -0.2) is 19.4 Å². The van der Waals surface area contributed by atoms with Crippen LogP contribution in [0.25, 0.3) is 60.9 Å². The predicted octanol–water partition coefficient (Wildman–Crippen LogP) is 6.73. The molecule has 2 aliphatic carbocycles. The molecule has 0 spiro atoms. The maximum Gasteiger partial charge on any atom is 0.148 e. The van der Waals surface area contributed by atoms with Crippen molar-refractivity contribution in [3.05, 3.63) is 107 Å². The van der Waals surface area contributed by atoms with Gasteiger partial charge in [0.15, 0.2) is 0 Å². The van der Waals surface area contributed by atoms with Gasteiger partial charge in [0, 0.05) is 17.8 Å². The molecule has 4 nitrogen and oxygen atoms in total. The number of nitrogens with zero attached hydrogens (tertiary/aromatic N) is 4. The van der Waals surface area contributed by atoms with E-state index in [1.165, 1.54) is 44.5 Å². The number of fused-ring (bicyclic) bond motifs is 15. The molecule has 0 aliphatic heterocycles. The van der Waals surface area contributed by atoms with Gasteiger partial charge in [0.05, 0.1) is 16.6 Å². The van der Waals surface area contributed by atoms with E-state index in [4.69, 9.17) is 9.97 Å². The molecule has 0 amide bonds. The van der Waals surface area contributed by atoms with Crippen LogP contribution in [-0.2, 0) is 12.8 Å². The van der Waals surface area contributed by atoms with Crippen LogP contribution in [0.5, 0.6) is 0 Å². The molecule has 3 aromatic carbocycles. The monoisotopic (exact) mass is 446 g/mol. The maximum atomic E-state index is 5.17. The molecule has 7 aromatic rings. The number of hydrogen-bond donors (Lipinski definition) is 0. The van der Waals surface area contributed by atoms with Crippen molar-refractivity contribution in [3.63, 3.8) is 0 Å². The maximum absolute atomic E-state index is 5.17. The molecular weight excluding hydrogens is 428 g/mol. The first-order valence-corrected chi connectivity index (χ1v) is 12.0. The summed E-state index contributed by atoms with van der Waals surface area (Å²) >= 11 is 0. The molecule has 4 heteroatoms. The number of rotatable bonds is 0. The number of hydrogen-bond acceptors (Lipinski definition) is 3. The summed E-state index contributed by atoms with van der Waals surface area (Å²) in [4.78, 5) is 14.5. The van der Waals surface area contributed by atoms with E-state index < -0.39 is 0 Å². The lowest BCUT2D eigenvalue weighted by atomic mass is 9.95. The van der Waals surface area contributed by atoms with Crippen molar-refractivity contribution in [3.8, 4) is 22.3 Å².